The Hall–Kier alpha value is -0.890. The average molecular weight is 250 g/mol. The second-order valence-corrected chi connectivity index (χ2v) is 7.25. The summed E-state index contributed by atoms with van der Waals surface area (Å²) in [6.45, 7) is 10.3. The Morgan fingerprint density at radius 3 is 2.35 bits per heavy atom. The molecular formula is C15H22OS. The zero-order valence-electron chi connectivity index (χ0n) is 11.0. The summed E-state index contributed by atoms with van der Waals surface area (Å²) < 4.78 is 12.5. The Labute approximate surface area is 107 Å². The van der Waals surface area contributed by atoms with Crippen LogP contribution in [0.3, 0.4) is 0 Å². The fourth-order valence-corrected chi connectivity index (χ4v) is 3.63. The molecule has 0 aromatic heterocycles. The van der Waals surface area contributed by atoms with E-state index in [2.05, 4.69) is 27.4 Å². The van der Waals surface area contributed by atoms with Gasteiger partial charge in [-0.3, -0.25) is 4.21 Å². The lowest BCUT2D eigenvalue weighted by atomic mass is 9.89. The molecule has 2 heteroatoms. The zero-order chi connectivity index (χ0) is 12.9. The molecule has 0 radical (unpaired) electrons. The molecule has 1 rings (SSSR count). The molecule has 17 heavy (non-hydrogen) atoms. The molecule has 0 amide bonds. The molecule has 2 atom stereocenters. The van der Waals surface area contributed by atoms with Crippen molar-refractivity contribution in [3.05, 3.63) is 43.0 Å². The van der Waals surface area contributed by atoms with Crippen molar-refractivity contribution in [1.82, 2.24) is 0 Å². The highest BCUT2D eigenvalue weighted by Gasteiger charge is 2.23. The van der Waals surface area contributed by atoms with Gasteiger partial charge >= 0.3 is 0 Å². The van der Waals surface area contributed by atoms with E-state index >= 15 is 0 Å². The van der Waals surface area contributed by atoms with Gasteiger partial charge in [0.05, 0.1) is 10.8 Å². The molecule has 1 unspecified atom stereocenters. The van der Waals surface area contributed by atoms with E-state index in [1.165, 1.54) is 0 Å². The van der Waals surface area contributed by atoms with E-state index in [1.807, 2.05) is 36.4 Å². The van der Waals surface area contributed by atoms with Crippen LogP contribution in [0, 0.1) is 5.41 Å². The summed E-state index contributed by atoms with van der Waals surface area (Å²) in [4.78, 5) is 0.920. The normalized spacial score (nSPS) is 15.2. The first-order valence-corrected chi connectivity index (χ1v) is 7.22. The Balaban J connectivity index is 2.84. The van der Waals surface area contributed by atoms with Gasteiger partial charge in [-0.05, 0) is 30.4 Å². The second kappa shape index (κ2) is 6.15. The predicted molar refractivity (Wildman–Crippen MR) is 75.5 cm³/mol. The summed E-state index contributed by atoms with van der Waals surface area (Å²) in [7, 11) is -0.939. The van der Waals surface area contributed by atoms with E-state index in [0.717, 1.165) is 17.7 Å². The van der Waals surface area contributed by atoms with Crippen LogP contribution < -0.4 is 0 Å². The van der Waals surface area contributed by atoms with Crippen LogP contribution in [0.25, 0.3) is 0 Å². The summed E-state index contributed by atoms with van der Waals surface area (Å²) in [5.74, 6) is 0. The van der Waals surface area contributed by atoms with Crippen molar-refractivity contribution < 1.29 is 4.21 Å². The molecule has 0 aliphatic heterocycles. The van der Waals surface area contributed by atoms with Crippen molar-refractivity contribution in [1.29, 1.82) is 0 Å². The highest BCUT2D eigenvalue weighted by atomic mass is 32.2. The monoisotopic (exact) mass is 250 g/mol. The number of benzene rings is 1. The van der Waals surface area contributed by atoms with Crippen molar-refractivity contribution in [3.63, 3.8) is 0 Å². The van der Waals surface area contributed by atoms with Crippen LogP contribution >= 0.6 is 0 Å². The van der Waals surface area contributed by atoms with Gasteiger partial charge in [-0.15, -0.1) is 6.58 Å². The Morgan fingerprint density at radius 2 is 1.88 bits per heavy atom. The zero-order valence-corrected chi connectivity index (χ0v) is 11.8. The third-order valence-corrected chi connectivity index (χ3v) is 4.25. The second-order valence-electron chi connectivity index (χ2n) is 5.52. The van der Waals surface area contributed by atoms with Gasteiger partial charge < -0.3 is 0 Å². The Kier molecular flexibility index (Phi) is 5.13. The van der Waals surface area contributed by atoms with Crippen LogP contribution in [0.2, 0.25) is 0 Å². The maximum atomic E-state index is 12.5. The number of hydrogen-bond acceptors (Lipinski definition) is 1. The minimum atomic E-state index is -0.939. The van der Waals surface area contributed by atoms with E-state index < -0.39 is 10.8 Å². The summed E-state index contributed by atoms with van der Waals surface area (Å²) >= 11 is 0. The van der Waals surface area contributed by atoms with Crippen molar-refractivity contribution in [2.45, 2.75) is 43.8 Å². The average Bonchev–Trinajstić information content (AvgIpc) is 2.27. The molecule has 0 aliphatic carbocycles. The van der Waals surface area contributed by atoms with Crippen molar-refractivity contribution in [3.8, 4) is 0 Å². The highest BCUT2D eigenvalue weighted by molar-refractivity contribution is 7.85. The third-order valence-electron chi connectivity index (χ3n) is 2.55. The molecule has 0 bridgehead atoms. The van der Waals surface area contributed by atoms with Gasteiger partial charge in [0.15, 0.2) is 0 Å². The quantitative estimate of drug-likeness (QED) is 0.717. The molecule has 0 aliphatic rings. The van der Waals surface area contributed by atoms with E-state index in [-0.39, 0.29) is 10.7 Å². The minimum Gasteiger partial charge on any atom is -0.254 e. The molecule has 94 valence electrons. The number of allylic oxidation sites excluding steroid dienone is 1. The maximum Gasteiger partial charge on any atom is 0.0564 e. The van der Waals surface area contributed by atoms with Crippen LogP contribution in [0.15, 0.2) is 47.9 Å². The summed E-state index contributed by atoms with van der Waals surface area (Å²) in [5.41, 5.74) is 0.193. The maximum absolute atomic E-state index is 12.5. The van der Waals surface area contributed by atoms with Gasteiger partial charge in [0.2, 0.25) is 0 Å². The molecule has 0 N–H and O–H groups in total. The largest absolute Gasteiger partial charge is 0.254 e. The van der Waals surface area contributed by atoms with Crippen LogP contribution in [0.1, 0.15) is 33.6 Å². The van der Waals surface area contributed by atoms with Gasteiger partial charge in [-0.25, -0.2) is 0 Å². The molecule has 0 fully saturated rings. The Morgan fingerprint density at radius 1 is 1.29 bits per heavy atom. The van der Waals surface area contributed by atoms with Crippen LogP contribution in [0.5, 0.6) is 0 Å². The standard InChI is InChI=1S/C15H22OS/c1-5-9-14(12-15(2,3)4)17(16)13-10-7-6-8-11-13/h5-8,10-11,14H,1,9,12H2,2-4H3/t14-,17?/m1/s1. The Bertz CT molecular complexity index is 376. The van der Waals surface area contributed by atoms with E-state index in [4.69, 9.17) is 0 Å². The smallest absolute Gasteiger partial charge is 0.0564 e. The molecule has 1 nitrogen and oxygen atoms in total. The first-order chi connectivity index (χ1) is 7.94. The highest BCUT2D eigenvalue weighted by Crippen LogP contribution is 2.27. The third kappa shape index (κ3) is 4.86. The molecule has 0 saturated heterocycles. The van der Waals surface area contributed by atoms with Crippen molar-refractivity contribution >= 4 is 10.8 Å². The van der Waals surface area contributed by atoms with Gasteiger partial charge in [0.1, 0.15) is 0 Å². The topological polar surface area (TPSA) is 17.1 Å². The van der Waals surface area contributed by atoms with Crippen LogP contribution in [0.4, 0.5) is 0 Å². The molecule has 0 saturated carbocycles. The molecular weight excluding hydrogens is 228 g/mol. The minimum absolute atomic E-state index is 0.162. The van der Waals surface area contributed by atoms with Gasteiger partial charge in [-0.1, -0.05) is 45.0 Å². The summed E-state index contributed by atoms with van der Waals surface area (Å²) in [6, 6.07) is 9.71. The first-order valence-electron chi connectivity index (χ1n) is 6.00. The fourth-order valence-electron chi connectivity index (χ4n) is 1.86. The fraction of sp³-hybridized carbons (Fsp3) is 0.467. The summed E-state index contributed by atoms with van der Waals surface area (Å²) in [6.07, 6.45) is 3.62. The number of rotatable bonds is 5. The molecule has 0 heterocycles. The number of hydrogen-bond donors (Lipinski definition) is 0. The lowest BCUT2D eigenvalue weighted by Crippen LogP contribution is -2.22. The molecule has 0 spiro atoms. The van der Waals surface area contributed by atoms with Crippen molar-refractivity contribution in [2.75, 3.05) is 0 Å². The van der Waals surface area contributed by atoms with Gasteiger partial charge in [0.25, 0.3) is 0 Å². The molecule has 1 aromatic rings. The SMILES string of the molecule is C=CC[C@H](CC(C)(C)C)S(=O)c1ccccc1. The lowest BCUT2D eigenvalue weighted by molar-refractivity contribution is 0.369. The van der Waals surface area contributed by atoms with E-state index in [0.29, 0.717) is 0 Å². The predicted octanol–water partition coefficient (Wildman–Crippen LogP) is 4.18. The van der Waals surface area contributed by atoms with E-state index in [1.54, 1.807) is 0 Å². The van der Waals surface area contributed by atoms with Crippen LogP contribution in [-0.4, -0.2) is 9.46 Å². The molecule has 1 aromatic carbocycles. The van der Waals surface area contributed by atoms with Gasteiger partial charge in [-0.2, -0.15) is 0 Å². The van der Waals surface area contributed by atoms with E-state index in [9.17, 15) is 4.21 Å². The summed E-state index contributed by atoms with van der Waals surface area (Å²) in [5, 5.41) is 0.162. The van der Waals surface area contributed by atoms with Crippen LogP contribution in [-0.2, 0) is 10.8 Å². The van der Waals surface area contributed by atoms with Crippen molar-refractivity contribution in [2.24, 2.45) is 5.41 Å². The first kappa shape index (κ1) is 14.2. The van der Waals surface area contributed by atoms with Gasteiger partial charge in [0, 0.05) is 10.1 Å². The lowest BCUT2D eigenvalue weighted by Gasteiger charge is -2.24.